The number of rotatable bonds is 5. The van der Waals surface area contributed by atoms with Crippen molar-refractivity contribution in [2.45, 2.75) is 19.3 Å². The maximum absolute atomic E-state index is 11.9. The first-order valence-electron chi connectivity index (χ1n) is 6.37. The molecule has 102 valence electrons. The first kappa shape index (κ1) is 13.4. The molecule has 2 rings (SSSR count). The van der Waals surface area contributed by atoms with Gasteiger partial charge in [-0.05, 0) is 36.5 Å². The lowest BCUT2D eigenvalue weighted by Crippen LogP contribution is -2.32. The molecule has 19 heavy (non-hydrogen) atoms. The third-order valence-corrected chi connectivity index (χ3v) is 3.11. The van der Waals surface area contributed by atoms with Gasteiger partial charge in [0.2, 0.25) is 0 Å². The molecule has 0 aliphatic heterocycles. The van der Waals surface area contributed by atoms with Crippen LogP contribution >= 0.6 is 0 Å². The molecular weight excluding hydrogens is 244 g/mol. The average Bonchev–Trinajstić information content (AvgIpc) is 3.12. The second-order valence-electron chi connectivity index (χ2n) is 5.02. The molecule has 0 bridgehead atoms. The molecule has 1 aliphatic rings. The molecule has 1 saturated carbocycles. The Morgan fingerprint density at radius 1 is 1.42 bits per heavy atom. The summed E-state index contributed by atoms with van der Waals surface area (Å²) in [5.41, 5.74) is 1.31. The first-order chi connectivity index (χ1) is 9.04. The van der Waals surface area contributed by atoms with Gasteiger partial charge >= 0.3 is 12.0 Å². The first-order valence-corrected chi connectivity index (χ1v) is 6.37. The van der Waals surface area contributed by atoms with Crippen molar-refractivity contribution in [3.8, 4) is 0 Å². The van der Waals surface area contributed by atoms with Crippen molar-refractivity contribution in [3.05, 3.63) is 29.8 Å². The Morgan fingerprint density at radius 2 is 2.16 bits per heavy atom. The number of aliphatic carboxylic acids is 1. The molecule has 2 N–H and O–H groups in total. The Labute approximate surface area is 112 Å². The molecule has 0 heterocycles. The third kappa shape index (κ3) is 4.28. The summed E-state index contributed by atoms with van der Waals surface area (Å²) in [6, 6.07) is 6.77. The number of nitrogens with one attached hydrogen (secondary N) is 1. The van der Waals surface area contributed by atoms with E-state index in [9.17, 15) is 9.59 Å². The van der Waals surface area contributed by atoms with Gasteiger partial charge in [-0.2, -0.15) is 0 Å². The summed E-state index contributed by atoms with van der Waals surface area (Å²) in [6.45, 7) is 0.778. The Hall–Kier alpha value is -2.04. The van der Waals surface area contributed by atoms with Crippen LogP contribution in [0.2, 0.25) is 0 Å². The molecular formula is C14H18N2O3. The fourth-order valence-corrected chi connectivity index (χ4v) is 1.92. The van der Waals surface area contributed by atoms with E-state index in [1.54, 1.807) is 36.2 Å². The van der Waals surface area contributed by atoms with E-state index in [2.05, 4.69) is 5.32 Å². The van der Waals surface area contributed by atoms with E-state index in [4.69, 9.17) is 5.11 Å². The van der Waals surface area contributed by atoms with Gasteiger partial charge in [-0.3, -0.25) is 4.79 Å². The summed E-state index contributed by atoms with van der Waals surface area (Å²) < 4.78 is 0. The SMILES string of the molecule is CN(CC1CC1)C(=O)Nc1cccc(CC(=O)O)c1. The van der Waals surface area contributed by atoms with Crippen LogP contribution in [0, 0.1) is 5.92 Å². The van der Waals surface area contributed by atoms with Gasteiger partial charge in [-0.1, -0.05) is 12.1 Å². The molecule has 1 aromatic rings. The highest BCUT2D eigenvalue weighted by Gasteiger charge is 2.24. The molecule has 1 aliphatic carbocycles. The number of nitrogens with zero attached hydrogens (tertiary/aromatic N) is 1. The van der Waals surface area contributed by atoms with Gasteiger partial charge < -0.3 is 15.3 Å². The summed E-state index contributed by atoms with van der Waals surface area (Å²) in [5.74, 6) is -0.233. The zero-order chi connectivity index (χ0) is 13.8. The van der Waals surface area contributed by atoms with E-state index in [1.165, 1.54) is 12.8 Å². The monoisotopic (exact) mass is 262 g/mol. The van der Waals surface area contributed by atoms with Crippen LogP contribution < -0.4 is 5.32 Å². The Balaban J connectivity index is 1.93. The number of carbonyl (C=O) groups is 2. The molecule has 5 nitrogen and oxygen atoms in total. The maximum atomic E-state index is 11.9. The lowest BCUT2D eigenvalue weighted by molar-refractivity contribution is -0.136. The number of carboxylic acid groups (broad SMARTS) is 1. The van der Waals surface area contributed by atoms with E-state index >= 15 is 0 Å². The van der Waals surface area contributed by atoms with Crippen LogP contribution in [0.15, 0.2) is 24.3 Å². The van der Waals surface area contributed by atoms with Crippen LogP contribution in [-0.2, 0) is 11.2 Å². The van der Waals surface area contributed by atoms with Crippen molar-refractivity contribution in [2.75, 3.05) is 18.9 Å². The quantitative estimate of drug-likeness (QED) is 0.854. The average molecular weight is 262 g/mol. The number of amides is 2. The summed E-state index contributed by atoms with van der Waals surface area (Å²) in [6.07, 6.45) is 2.36. The van der Waals surface area contributed by atoms with Crippen molar-refractivity contribution >= 4 is 17.7 Å². The van der Waals surface area contributed by atoms with Crippen LogP contribution in [0.25, 0.3) is 0 Å². The molecule has 1 aromatic carbocycles. The van der Waals surface area contributed by atoms with Crippen LogP contribution in [0.3, 0.4) is 0 Å². The highest BCUT2D eigenvalue weighted by molar-refractivity contribution is 5.89. The molecule has 2 amide bonds. The number of anilines is 1. The smallest absolute Gasteiger partial charge is 0.321 e. The predicted octanol–water partition coefficient (Wildman–Crippen LogP) is 2.19. The highest BCUT2D eigenvalue weighted by atomic mass is 16.4. The van der Waals surface area contributed by atoms with Crippen LogP contribution in [-0.4, -0.2) is 35.6 Å². The number of carbonyl (C=O) groups excluding carboxylic acids is 1. The second kappa shape index (κ2) is 5.73. The Kier molecular flexibility index (Phi) is 4.04. The van der Waals surface area contributed by atoms with E-state index in [1.807, 2.05) is 0 Å². The molecule has 0 aromatic heterocycles. The molecule has 1 fully saturated rings. The summed E-state index contributed by atoms with van der Waals surface area (Å²) in [4.78, 5) is 24.2. The van der Waals surface area contributed by atoms with E-state index in [-0.39, 0.29) is 12.5 Å². The van der Waals surface area contributed by atoms with Crippen LogP contribution in [0.1, 0.15) is 18.4 Å². The molecule has 5 heteroatoms. The lowest BCUT2D eigenvalue weighted by atomic mass is 10.1. The van der Waals surface area contributed by atoms with Gasteiger partial charge in [0.25, 0.3) is 0 Å². The lowest BCUT2D eigenvalue weighted by Gasteiger charge is -2.17. The fraction of sp³-hybridized carbons (Fsp3) is 0.429. The van der Waals surface area contributed by atoms with E-state index in [0.717, 1.165) is 6.54 Å². The molecule has 0 unspecified atom stereocenters. The third-order valence-electron chi connectivity index (χ3n) is 3.11. The van der Waals surface area contributed by atoms with E-state index in [0.29, 0.717) is 17.2 Å². The highest BCUT2D eigenvalue weighted by Crippen LogP contribution is 2.29. The number of carboxylic acids is 1. The Bertz CT molecular complexity index is 483. The van der Waals surface area contributed by atoms with Gasteiger partial charge in [-0.15, -0.1) is 0 Å². The molecule has 0 atom stereocenters. The predicted molar refractivity (Wildman–Crippen MR) is 72.2 cm³/mol. The van der Waals surface area contributed by atoms with Gasteiger partial charge in [0.15, 0.2) is 0 Å². The van der Waals surface area contributed by atoms with Gasteiger partial charge in [0.1, 0.15) is 0 Å². The van der Waals surface area contributed by atoms with Crippen LogP contribution in [0.4, 0.5) is 10.5 Å². The maximum Gasteiger partial charge on any atom is 0.321 e. The minimum Gasteiger partial charge on any atom is -0.481 e. The van der Waals surface area contributed by atoms with Gasteiger partial charge in [-0.25, -0.2) is 4.79 Å². The fourth-order valence-electron chi connectivity index (χ4n) is 1.92. The molecule has 0 radical (unpaired) electrons. The molecule has 0 spiro atoms. The Morgan fingerprint density at radius 3 is 2.79 bits per heavy atom. The van der Waals surface area contributed by atoms with Crippen LogP contribution in [0.5, 0.6) is 0 Å². The largest absolute Gasteiger partial charge is 0.481 e. The zero-order valence-corrected chi connectivity index (χ0v) is 10.9. The summed E-state index contributed by atoms with van der Waals surface area (Å²) in [7, 11) is 1.77. The summed E-state index contributed by atoms with van der Waals surface area (Å²) in [5, 5.41) is 11.5. The topological polar surface area (TPSA) is 69.6 Å². The normalized spacial score (nSPS) is 13.9. The van der Waals surface area contributed by atoms with Crippen molar-refractivity contribution in [1.29, 1.82) is 0 Å². The number of benzene rings is 1. The van der Waals surface area contributed by atoms with Crippen molar-refractivity contribution in [1.82, 2.24) is 4.90 Å². The van der Waals surface area contributed by atoms with E-state index < -0.39 is 5.97 Å². The molecule has 0 saturated heterocycles. The number of hydrogen-bond acceptors (Lipinski definition) is 2. The minimum atomic E-state index is -0.880. The minimum absolute atomic E-state index is 0.0401. The standard InChI is InChI=1S/C14H18N2O3/c1-16(9-10-5-6-10)14(19)15-12-4-2-3-11(7-12)8-13(17)18/h2-4,7,10H,5-6,8-9H2,1H3,(H,15,19)(H,17,18). The van der Waals surface area contributed by atoms with Crippen molar-refractivity contribution < 1.29 is 14.7 Å². The number of hydrogen-bond donors (Lipinski definition) is 2. The second-order valence-corrected chi connectivity index (χ2v) is 5.02. The van der Waals surface area contributed by atoms with Gasteiger partial charge in [0, 0.05) is 19.3 Å². The van der Waals surface area contributed by atoms with Gasteiger partial charge in [0.05, 0.1) is 6.42 Å². The van der Waals surface area contributed by atoms with Crippen molar-refractivity contribution in [2.24, 2.45) is 5.92 Å². The van der Waals surface area contributed by atoms with Crippen molar-refractivity contribution in [3.63, 3.8) is 0 Å². The summed E-state index contributed by atoms with van der Waals surface area (Å²) >= 11 is 0. The number of urea groups is 1. The zero-order valence-electron chi connectivity index (χ0n) is 10.9.